The maximum Gasteiger partial charge on any atom is 0.274 e. The molecule has 8 nitrogen and oxygen atoms in total. The van der Waals surface area contributed by atoms with E-state index in [-0.39, 0.29) is 35.3 Å². The number of anilines is 1. The molecule has 1 N–H and O–H groups in total. The summed E-state index contributed by atoms with van der Waals surface area (Å²) in [7, 11) is 0. The highest BCUT2D eigenvalue weighted by Gasteiger charge is 2.45. The quantitative estimate of drug-likeness (QED) is 0.464. The number of aryl methyl sites for hydroxylation is 1. The molecule has 2 atom stereocenters. The van der Waals surface area contributed by atoms with Gasteiger partial charge in [-0.3, -0.25) is 14.0 Å². The van der Waals surface area contributed by atoms with Gasteiger partial charge in [0, 0.05) is 49.5 Å². The summed E-state index contributed by atoms with van der Waals surface area (Å²) in [6.07, 6.45) is 4.28. The highest BCUT2D eigenvalue weighted by molar-refractivity contribution is 5.99. The van der Waals surface area contributed by atoms with E-state index in [1.165, 1.54) is 12.1 Å². The van der Waals surface area contributed by atoms with E-state index in [1.807, 2.05) is 28.4 Å². The molecule has 0 saturated carbocycles. The molecular weight excluding hydrogens is 473 g/mol. The predicted octanol–water partition coefficient (Wildman–Crippen LogP) is 3.62. The highest BCUT2D eigenvalue weighted by atomic mass is 19.1. The van der Waals surface area contributed by atoms with E-state index in [2.05, 4.69) is 14.9 Å². The molecule has 0 radical (unpaired) electrons. The summed E-state index contributed by atoms with van der Waals surface area (Å²) in [5.74, 6) is 0.849. The molecule has 190 valence electrons. The summed E-state index contributed by atoms with van der Waals surface area (Å²) >= 11 is 0. The molecule has 0 aliphatic carbocycles. The third-order valence-corrected chi connectivity index (χ3v) is 8.33. The Bertz CT molecular complexity index is 1590. The third-order valence-electron chi connectivity index (χ3n) is 8.33. The van der Waals surface area contributed by atoms with Crippen molar-refractivity contribution in [1.29, 1.82) is 0 Å². The number of carbonyl (C=O) groups is 1. The van der Waals surface area contributed by atoms with Crippen molar-refractivity contribution >= 4 is 28.1 Å². The number of hydrogen-bond donors (Lipinski definition) is 1. The summed E-state index contributed by atoms with van der Waals surface area (Å²) in [4.78, 5) is 38.5. The van der Waals surface area contributed by atoms with Crippen LogP contribution in [0.3, 0.4) is 0 Å². The van der Waals surface area contributed by atoms with Gasteiger partial charge >= 0.3 is 0 Å². The molecule has 0 unspecified atom stereocenters. The average Bonchev–Trinajstić information content (AvgIpc) is 3.64. The first-order valence-electron chi connectivity index (χ1n) is 12.9. The minimum atomic E-state index is -0.248. The van der Waals surface area contributed by atoms with Gasteiger partial charge in [-0.1, -0.05) is 0 Å². The van der Waals surface area contributed by atoms with Gasteiger partial charge in [0.2, 0.25) is 0 Å². The number of benzene rings is 2. The first-order chi connectivity index (χ1) is 18.0. The molecule has 3 saturated heterocycles. The van der Waals surface area contributed by atoms with Gasteiger partial charge in [-0.15, -0.1) is 0 Å². The lowest BCUT2D eigenvalue weighted by atomic mass is 9.99. The van der Waals surface area contributed by atoms with Crippen molar-refractivity contribution in [2.24, 2.45) is 0 Å². The molecule has 3 aliphatic heterocycles. The van der Waals surface area contributed by atoms with E-state index >= 15 is 0 Å². The van der Waals surface area contributed by atoms with E-state index in [0.717, 1.165) is 48.4 Å². The van der Waals surface area contributed by atoms with Crippen LogP contribution in [0.1, 0.15) is 46.9 Å². The van der Waals surface area contributed by atoms with E-state index in [1.54, 1.807) is 18.3 Å². The second-order valence-electron chi connectivity index (χ2n) is 10.5. The zero-order valence-corrected chi connectivity index (χ0v) is 20.6. The van der Waals surface area contributed by atoms with Gasteiger partial charge in [-0.2, -0.15) is 0 Å². The Kier molecular flexibility index (Phi) is 5.11. The van der Waals surface area contributed by atoms with Crippen LogP contribution in [0.5, 0.6) is 0 Å². The molecule has 2 aromatic carbocycles. The van der Waals surface area contributed by atoms with Crippen LogP contribution in [0, 0.1) is 12.7 Å². The number of H-pyrrole nitrogens is 1. The van der Waals surface area contributed by atoms with Crippen molar-refractivity contribution in [3.05, 3.63) is 75.7 Å². The molecular formula is C28H28FN5O3. The number of hydrogen-bond acceptors (Lipinski definition) is 5. The minimum Gasteiger partial charge on any atom is -0.381 e. The Morgan fingerprint density at radius 3 is 2.59 bits per heavy atom. The Labute approximate surface area is 212 Å². The number of carbonyl (C=O) groups excluding carboxylic acids is 1. The monoisotopic (exact) mass is 501 g/mol. The molecule has 4 aromatic rings. The van der Waals surface area contributed by atoms with Crippen molar-refractivity contribution in [1.82, 2.24) is 19.3 Å². The lowest BCUT2D eigenvalue weighted by Gasteiger charge is -2.36. The van der Waals surface area contributed by atoms with E-state index < -0.39 is 0 Å². The fraction of sp³-hybridized carbons (Fsp3) is 0.393. The number of fused-ring (bicyclic) bond motifs is 5. The summed E-state index contributed by atoms with van der Waals surface area (Å²) in [6.45, 7) is 4.69. The summed E-state index contributed by atoms with van der Waals surface area (Å²) in [6, 6.07) is 10.7. The van der Waals surface area contributed by atoms with Crippen LogP contribution < -0.4 is 10.5 Å². The van der Waals surface area contributed by atoms with Crippen molar-refractivity contribution in [3.8, 4) is 0 Å². The van der Waals surface area contributed by atoms with Gasteiger partial charge in [-0.25, -0.2) is 9.37 Å². The molecule has 0 spiro atoms. The standard InChI is InChI=1S/C28H28FN5O3/c1-16-10-24-23(31-27(35)25-13-30-26(34(24)25)17-6-8-37-9-7-17)12-22(16)28(36)33-15-20-11-21(33)14-32(20)19-4-2-18(29)3-5-19/h2-5,10,12-13,17,20-21H,6-9,11,14-15H2,1H3,(H,31,35)/t20-,21-/m0/s1. The molecule has 3 aliphatic rings. The van der Waals surface area contributed by atoms with Gasteiger partial charge in [-0.05, 0) is 68.1 Å². The van der Waals surface area contributed by atoms with Crippen LogP contribution in [0.2, 0.25) is 0 Å². The van der Waals surface area contributed by atoms with Gasteiger partial charge < -0.3 is 19.5 Å². The molecule has 3 fully saturated rings. The molecule has 9 heteroatoms. The van der Waals surface area contributed by atoms with Crippen molar-refractivity contribution in [2.45, 2.75) is 44.2 Å². The number of aromatic nitrogens is 3. The first kappa shape index (κ1) is 22.5. The number of piperazine rings is 1. The Morgan fingerprint density at radius 1 is 1.08 bits per heavy atom. The zero-order chi connectivity index (χ0) is 25.3. The topological polar surface area (TPSA) is 82.9 Å². The van der Waals surface area contributed by atoms with Crippen LogP contribution in [-0.2, 0) is 4.74 Å². The minimum absolute atomic E-state index is 0.0121. The number of aromatic amines is 1. The number of nitrogens with zero attached hydrogens (tertiary/aromatic N) is 4. The van der Waals surface area contributed by atoms with Crippen LogP contribution in [0.4, 0.5) is 10.1 Å². The Morgan fingerprint density at radius 2 is 1.86 bits per heavy atom. The fourth-order valence-corrected chi connectivity index (χ4v) is 6.44. The number of likely N-dealkylation sites (tertiary alicyclic amines) is 1. The largest absolute Gasteiger partial charge is 0.381 e. The van der Waals surface area contributed by atoms with Crippen molar-refractivity contribution in [3.63, 3.8) is 0 Å². The molecule has 1 amide bonds. The third kappa shape index (κ3) is 3.55. The smallest absolute Gasteiger partial charge is 0.274 e. The second-order valence-corrected chi connectivity index (χ2v) is 10.5. The molecule has 2 bridgehead atoms. The van der Waals surface area contributed by atoms with E-state index in [9.17, 15) is 14.0 Å². The number of nitrogens with one attached hydrogen (secondary N) is 1. The Balaban J connectivity index is 1.22. The van der Waals surface area contributed by atoms with Crippen molar-refractivity contribution in [2.75, 3.05) is 31.2 Å². The molecule has 2 aromatic heterocycles. The van der Waals surface area contributed by atoms with Gasteiger partial charge in [0.15, 0.2) is 0 Å². The SMILES string of the molecule is Cc1cc2c(cc1C(=O)N1C[C@@H]3C[C@H]1CN3c1ccc(F)cc1)[nH]c(=O)c1cnc(C3CCOCC3)n12. The van der Waals surface area contributed by atoms with Crippen LogP contribution in [-0.4, -0.2) is 63.6 Å². The summed E-state index contributed by atoms with van der Waals surface area (Å²) < 4.78 is 20.9. The lowest BCUT2D eigenvalue weighted by Crippen LogP contribution is -2.49. The molecule has 5 heterocycles. The average molecular weight is 502 g/mol. The zero-order valence-electron chi connectivity index (χ0n) is 20.6. The fourth-order valence-electron chi connectivity index (χ4n) is 6.44. The van der Waals surface area contributed by atoms with Crippen LogP contribution in [0.25, 0.3) is 16.6 Å². The molecule has 37 heavy (non-hydrogen) atoms. The number of halogens is 1. The number of imidazole rings is 1. The van der Waals surface area contributed by atoms with Crippen molar-refractivity contribution < 1.29 is 13.9 Å². The normalized spacial score (nSPS) is 22.0. The number of rotatable bonds is 3. The maximum atomic E-state index is 13.7. The van der Waals surface area contributed by atoms with Crippen LogP contribution >= 0.6 is 0 Å². The summed E-state index contributed by atoms with van der Waals surface area (Å²) in [5, 5.41) is 0. The van der Waals surface area contributed by atoms with E-state index in [0.29, 0.717) is 36.4 Å². The van der Waals surface area contributed by atoms with Gasteiger partial charge in [0.25, 0.3) is 11.5 Å². The predicted molar refractivity (Wildman–Crippen MR) is 138 cm³/mol. The van der Waals surface area contributed by atoms with E-state index in [4.69, 9.17) is 4.74 Å². The van der Waals surface area contributed by atoms with Crippen LogP contribution in [0.15, 0.2) is 47.4 Å². The Hall–Kier alpha value is -3.72. The number of amides is 1. The van der Waals surface area contributed by atoms with Gasteiger partial charge in [0.05, 0.1) is 23.3 Å². The lowest BCUT2D eigenvalue weighted by molar-refractivity contribution is 0.0725. The summed E-state index contributed by atoms with van der Waals surface area (Å²) in [5.41, 5.74) is 4.26. The second kappa shape index (κ2) is 8.41. The van der Waals surface area contributed by atoms with Gasteiger partial charge in [0.1, 0.15) is 17.2 Å². The first-order valence-corrected chi connectivity index (χ1v) is 12.9. The highest BCUT2D eigenvalue weighted by Crippen LogP contribution is 2.36. The molecule has 7 rings (SSSR count). The maximum absolute atomic E-state index is 13.7. The number of ether oxygens (including phenoxy) is 1.